The van der Waals surface area contributed by atoms with Crippen LogP contribution >= 0.6 is 0 Å². The Bertz CT molecular complexity index is 1080. The van der Waals surface area contributed by atoms with Crippen LogP contribution in [0, 0.1) is 31.3 Å². The van der Waals surface area contributed by atoms with Crippen molar-refractivity contribution in [1.82, 2.24) is 9.38 Å². The molecule has 0 unspecified atom stereocenters. The fourth-order valence-corrected chi connectivity index (χ4v) is 2.99. The topological polar surface area (TPSA) is 17.3 Å². The van der Waals surface area contributed by atoms with Crippen molar-refractivity contribution in [2.75, 3.05) is 0 Å². The lowest BCUT2D eigenvalue weighted by Crippen LogP contribution is -1.97. The first kappa shape index (κ1) is 13.1. The molecular weight excluding hydrogens is 289 g/mol. The summed E-state index contributed by atoms with van der Waals surface area (Å²) in [4.78, 5) is 4.46. The summed E-state index contributed by atoms with van der Waals surface area (Å²) in [7, 11) is 0. The molecule has 0 radical (unpaired) electrons. The molecule has 0 N–H and O–H groups in total. The first-order valence-corrected chi connectivity index (χ1v) is 6.83. The minimum atomic E-state index is -0.978. The smallest absolute Gasteiger partial charge is 0.167 e. The van der Waals surface area contributed by atoms with Gasteiger partial charge in [0.1, 0.15) is 11.5 Å². The number of aromatic nitrogens is 2. The van der Waals surface area contributed by atoms with Crippen LogP contribution in [0.2, 0.25) is 0 Å². The summed E-state index contributed by atoms with van der Waals surface area (Å²) < 4.78 is 43.5. The molecule has 5 heteroatoms. The van der Waals surface area contributed by atoms with Gasteiger partial charge < -0.3 is 0 Å². The third kappa shape index (κ3) is 1.53. The molecule has 0 saturated heterocycles. The summed E-state index contributed by atoms with van der Waals surface area (Å²) in [6, 6.07) is 6.66. The minimum absolute atomic E-state index is 0.0620. The second-order valence-electron chi connectivity index (χ2n) is 5.39. The zero-order valence-corrected chi connectivity index (χ0v) is 11.9. The Kier molecular flexibility index (Phi) is 2.52. The van der Waals surface area contributed by atoms with Gasteiger partial charge in [-0.3, -0.25) is 4.40 Å². The van der Waals surface area contributed by atoms with Crippen LogP contribution in [0.25, 0.3) is 27.3 Å². The third-order valence-electron chi connectivity index (χ3n) is 4.15. The van der Waals surface area contributed by atoms with Gasteiger partial charge in [-0.15, -0.1) is 0 Å². The molecule has 4 aromatic rings. The number of rotatable bonds is 0. The first-order chi connectivity index (χ1) is 10.5. The van der Waals surface area contributed by atoms with Crippen LogP contribution in [0.1, 0.15) is 11.4 Å². The molecule has 2 heterocycles. The summed E-state index contributed by atoms with van der Waals surface area (Å²) in [5, 5.41) is 0.861. The van der Waals surface area contributed by atoms with Crippen molar-refractivity contribution in [1.29, 1.82) is 0 Å². The van der Waals surface area contributed by atoms with Crippen molar-refractivity contribution in [3.8, 4) is 0 Å². The fourth-order valence-electron chi connectivity index (χ4n) is 2.99. The van der Waals surface area contributed by atoms with E-state index in [1.807, 2.05) is 18.2 Å². The normalized spacial score (nSPS) is 11.9. The van der Waals surface area contributed by atoms with E-state index in [0.29, 0.717) is 21.9 Å². The van der Waals surface area contributed by atoms with Gasteiger partial charge >= 0.3 is 0 Å². The van der Waals surface area contributed by atoms with Gasteiger partial charge in [0.2, 0.25) is 0 Å². The highest BCUT2D eigenvalue weighted by atomic mass is 19.2. The van der Waals surface area contributed by atoms with E-state index in [9.17, 15) is 13.2 Å². The predicted octanol–water partition coefficient (Wildman–Crippen LogP) is 4.67. The largest absolute Gasteiger partial charge is 0.296 e. The molecule has 0 fully saturated rings. The van der Waals surface area contributed by atoms with Gasteiger partial charge in [0, 0.05) is 21.9 Å². The van der Waals surface area contributed by atoms with Gasteiger partial charge in [0.15, 0.2) is 11.6 Å². The van der Waals surface area contributed by atoms with E-state index in [1.54, 1.807) is 6.07 Å². The Hall–Kier alpha value is -2.56. The van der Waals surface area contributed by atoms with E-state index in [-0.39, 0.29) is 5.39 Å². The van der Waals surface area contributed by atoms with Gasteiger partial charge in [-0.2, -0.15) is 0 Å². The van der Waals surface area contributed by atoms with E-state index in [1.165, 1.54) is 18.2 Å². The molecule has 0 atom stereocenters. The van der Waals surface area contributed by atoms with Crippen LogP contribution in [0.4, 0.5) is 13.2 Å². The third-order valence-corrected chi connectivity index (χ3v) is 4.15. The quantitative estimate of drug-likeness (QED) is 0.431. The summed E-state index contributed by atoms with van der Waals surface area (Å²) in [5.74, 6) is -2.43. The number of halogens is 3. The van der Waals surface area contributed by atoms with Gasteiger partial charge in [-0.25, -0.2) is 18.2 Å². The number of imidazole rings is 1. The highest BCUT2D eigenvalue weighted by Gasteiger charge is 2.18. The second kappa shape index (κ2) is 4.22. The number of hydrogen-bond donors (Lipinski definition) is 0. The number of fused-ring (bicyclic) bond motifs is 6. The zero-order chi connectivity index (χ0) is 15.6. The van der Waals surface area contributed by atoms with Crippen molar-refractivity contribution in [2.24, 2.45) is 0 Å². The Labute approximate surface area is 123 Å². The van der Waals surface area contributed by atoms with Gasteiger partial charge in [0.05, 0.1) is 11.2 Å². The molecule has 2 nitrogen and oxygen atoms in total. The average molecular weight is 300 g/mol. The van der Waals surface area contributed by atoms with E-state index in [0.717, 1.165) is 17.5 Å². The predicted molar refractivity (Wildman–Crippen MR) is 79.6 cm³/mol. The van der Waals surface area contributed by atoms with Gasteiger partial charge in [-0.1, -0.05) is 0 Å². The van der Waals surface area contributed by atoms with E-state index in [2.05, 4.69) is 4.98 Å². The van der Waals surface area contributed by atoms with Crippen LogP contribution in [-0.2, 0) is 0 Å². The molecule has 0 spiro atoms. The fraction of sp³-hybridized carbons (Fsp3) is 0.118. The standard InChI is InChI=1S/C17H11F3N2/c1-8-9(2)22-14-6-3-10(18)7-12(14)15-11(17(22)21-8)4-5-13(19)16(15)20/h3-7H,1-2H3. The lowest BCUT2D eigenvalue weighted by atomic mass is 10.0. The maximum absolute atomic E-state index is 14.4. The molecule has 0 saturated carbocycles. The second-order valence-corrected chi connectivity index (χ2v) is 5.39. The lowest BCUT2D eigenvalue weighted by Gasteiger charge is -2.10. The number of nitrogens with zero attached hydrogens (tertiary/aromatic N) is 2. The molecule has 0 aliphatic heterocycles. The Balaban J connectivity index is 2.46. The van der Waals surface area contributed by atoms with Crippen LogP contribution in [0.3, 0.4) is 0 Å². The first-order valence-electron chi connectivity index (χ1n) is 6.83. The van der Waals surface area contributed by atoms with Crippen molar-refractivity contribution >= 4 is 27.3 Å². The van der Waals surface area contributed by atoms with Crippen LogP contribution < -0.4 is 0 Å². The van der Waals surface area contributed by atoms with E-state index < -0.39 is 17.5 Å². The number of benzene rings is 2. The minimum Gasteiger partial charge on any atom is -0.296 e. The highest BCUT2D eigenvalue weighted by Crippen LogP contribution is 2.33. The molecule has 22 heavy (non-hydrogen) atoms. The molecule has 0 amide bonds. The summed E-state index contributed by atoms with van der Waals surface area (Å²) >= 11 is 0. The zero-order valence-electron chi connectivity index (χ0n) is 11.9. The average Bonchev–Trinajstić information content (AvgIpc) is 2.78. The molecule has 0 aliphatic carbocycles. The van der Waals surface area contributed by atoms with Gasteiger partial charge in [0.25, 0.3) is 0 Å². The van der Waals surface area contributed by atoms with Gasteiger partial charge in [-0.05, 0) is 44.2 Å². The number of aryl methyl sites for hydroxylation is 2. The summed E-state index contributed by atoms with van der Waals surface area (Å²) in [6.07, 6.45) is 0. The maximum atomic E-state index is 14.4. The maximum Gasteiger partial charge on any atom is 0.167 e. The van der Waals surface area contributed by atoms with Crippen LogP contribution in [0.5, 0.6) is 0 Å². The van der Waals surface area contributed by atoms with Crippen LogP contribution in [0.15, 0.2) is 30.3 Å². The van der Waals surface area contributed by atoms with Crippen molar-refractivity contribution in [3.63, 3.8) is 0 Å². The summed E-state index contributed by atoms with van der Waals surface area (Å²) in [5.41, 5.74) is 2.83. The molecule has 110 valence electrons. The Morgan fingerprint density at radius 2 is 1.73 bits per heavy atom. The molecule has 2 aromatic heterocycles. The van der Waals surface area contributed by atoms with E-state index in [4.69, 9.17) is 0 Å². The number of pyridine rings is 1. The SMILES string of the molecule is Cc1nc2c3ccc(F)c(F)c3c3cc(F)ccc3n2c1C. The highest BCUT2D eigenvalue weighted by molar-refractivity contribution is 6.12. The Morgan fingerprint density at radius 3 is 2.50 bits per heavy atom. The molecule has 0 bridgehead atoms. The van der Waals surface area contributed by atoms with Crippen molar-refractivity contribution in [3.05, 3.63) is 59.2 Å². The van der Waals surface area contributed by atoms with Crippen molar-refractivity contribution < 1.29 is 13.2 Å². The monoisotopic (exact) mass is 300 g/mol. The molecule has 2 aromatic carbocycles. The van der Waals surface area contributed by atoms with Crippen molar-refractivity contribution in [2.45, 2.75) is 13.8 Å². The lowest BCUT2D eigenvalue weighted by molar-refractivity contribution is 0.517. The van der Waals surface area contributed by atoms with Crippen LogP contribution in [-0.4, -0.2) is 9.38 Å². The van der Waals surface area contributed by atoms with E-state index >= 15 is 0 Å². The summed E-state index contributed by atoms with van der Waals surface area (Å²) in [6.45, 7) is 3.74. The molecular formula is C17H11F3N2. The Morgan fingerprint density at radius 1 is 0.955 bits per heavy atom. The molecule has 4 rings (SSSR count). The molecule has 0 aliphatic rings. The number of hydrogen-bond acceptors (Lipinski definition) is 1.